The highest BCUT2D eigenvalue weighted by atomic mass is 32.2. The van der Waals surface area contributed by atoms with E-state index in [0.717, 1.165) is 31.2 Å². The number of unbranched alkanes of at least 4 members (excludes halogenated alkanes) is 5. The van der Waals surface area contributed by atoms with Crippen molar-refractivity contribution in [2.75, 3.05) is 12.9 Å². The van der Waals surface area contributed by atoms with Crippen LogP contribution in [0.5, 0.6) is 5.75 Å². The van der Waals surface area contributed by atoms with Crippen molar-refractivity contribution in [1.82, 2.24) is 0 Å². The summed E-state index contributed by atoms with van der Waals surface area (Å²) in [6, 6.07) is 6.96. The molecule has 0 spiro atoms. The van der Waals surface area contributed by atoms with E-state index in [1.54, 1.807) is 32.2 Å². The third-order valence-corrected chi connectivity index (χ3v) is 4.87. The highest BCUT2D eigenvalue weighted by Crippen LogP contribution is 2.18. The quantitative estimate of drug-likeness (QED) is 0.336. The molecule has 1 aromatic rings. The van der Waals surface area contributed by atoms with E-state index in [4.69, 9.17) is 4.74 Å². The largest absolute Gasteiger partial charge is 0.497 e. The Morgan fingerprint density at radius 3 is 2.48 bits per heavy atom. The molecule has 1 rings (SSSR count). The minimum Gasteiger partial charge on any atom is -0.497 e. The van der Waals surface area contributed by atoms with E-state index in [-0.39, 0.29) is 11.5 Å². The van der Waals surface area contributed by atoms with E-state index >= 15 is 0 Å². The zero-order valence-corrected chi connectivity index (χ0v) is 15.9. The number of hydrogen-bond acceptors (Lipinski definition) is 6. The van der Waals surface area contributed by atoms with Gasteiger partial charge >= 0.3 is 10.1 Å². The fourth-order valence-corrected chi connectivity index (χ4v) is 3.17. The standard InChI is InChI=1S/C18H26N2O4S/c1-4-5-6-7-8-9-12-25(21,22)24-20-18(14-19)17-11-10-16(23-3)13-15(17)2/h10-11,13H,4-9,12H2,1-3H3/b20-18+. The summed E-state index contributed by atoms with van der Waals surface area (Å²) in [5, 5.41) is 12.8. The first-order valence-corrected chi connectivity index (χ1v) is 10.1. The molecule has 25 heavy (non-hydrogen) atoms. The molecule has 0 aliphatic carbocycles. The molecule has 0 saturated carbocycles. The molecule has 0 bridgehead atoms. The lowest BCUT2D eigenvalue weighted by Crippen LogP contribution is -2.10. The van der Waals surface area contributed by atoms with Gasteiger partial charge in [-0.25, -0.2) is 0 Å². The highest BCUT2D eigenvalue weighted by Gasteiger charge is 2.14. The van der Waals surface area contributed by atoms with Crippen LogP contribution in [0.1, 0.15) is 56.6 Å². The molecule has 0 heterocycles. The van der Waals surface area contributed by atoms with Gasteiger partial charge in [-0.3, -0.25) is 4.28 Å². The van der Waals surface area contributed by atoms with Gasteiger partial charge in [0.1, 0.15) is 11.8 Å². The Morgan fingerprint density at radius 2 is 1.88 bits per heavy atom. The second kappa shape index (κ2) is 10.7. The van der Waals surface area contributed by atoms with Crippen LogP contribution < -0.4 is 4.74 Å². The number of nitriles is 1. The average molecular weight is 366 g/mol. The lowest BCUT2D eigenvalue weighted by atomic mass is 10.0. The normalized spacial score (nSPS) is 11.8. The molecule has 0 aromatic heterocycles. The summed E-state index contributed by atoms with van der Waals surface area (Å²) in [7, 11) is -2.23. The number of aryl methyl sites for hydroxylation is 1. The second-order valence-corrected chi connectivity index (χ2v) is 7.51. The van der Waals surface area contributed by atoms with Gasteiger partial charge in [-0.1, -0.05) is 44.2 Å². The molecule has 0 radical (unpaired) electrons. The minimum absolute atomic E-state index is 0.0772. The van der Waals surface area contributed by atoms with Crippen LogP contribution in [-0.4, -0.2) is 27.0 Å². The first-order valence-electron chi connectivity index (χ1n) is 8.48. The number of hydrogen-bond donors (Lipinski definition) is 0. The van der Waals surface area contributed by atoms with E-state index in [1.807, 2.05) is 6.07 Å². The van der Waals surface area contributed by atoms with Gasteiger partial charge in [0.25, 0.3) is 0 Å². The first kappa shape index (κ1) is 21.0. The van der Waals surface area contributed by atoms with E-state index < -0.39 is 10.1 Å². The Morgan fingerprint density at radius 1 is 1.20 bits per heavy atom. The number of oxime groups is 1. The van der Waals surface area contributed by atoms with Crippen LogP contribution in [0.2, 0.25) is 0 Å². The molecule has 0 atom stereocenters. The fraction of sp³-hybridized carbons (Fsp3) is 0.556. The number of benzene rings is 1. The predicted molar refractivity (Wildman–Crippen MR) is 98.1 cm³/mol. The summed E-state index contributed by atoms with van der Waals surface area (Å²) in [4.78, 5) is 0. The van der Waals surface area contributed by atoms with Crippen molar-refractivity contribution >= 4 is 15.8 Å². The van der Waals surface area contributed by atoms with Crippen molar-refractivity contribution in [3.8, 4) is 11.8 Å². The summed E-state index contributed by atoms with van der Waals surface area (Å²) in [6.07, 6.45) is 5.82. The van der Waals surface area contributed by atoms with Gasteiger partial charge in [-0.15, -0.1) is 0 Å². The minimum atomic E-state index is -3.78. The molecule has 138 valence electrons. The lowest BCUT2D eigenvalue weighted by molar-refractivity contribution is 0.338. The SMILES string of the molecule is CCCCCCCCS(=O)(=O)O/N=C(\C#N)c1ccc(OC)cc1C. The third kappa shape index (κ3) is 7.57. The zero-order valence-electron chi connectivity index (χ0n) is 15.1. The van der Waals surface area contributed by atoms with Crippen LogP contribution in [0.4, 0.5) is 0 Å². The van der Waals surface area contributed by atoms with Gasteiger partial charge in [0.15, 0.2) is 5.71 Å². The maximum atomic E-state index is 11.9. The molecule has 1 aromatic carbocycles. The number of ether oxygens (including phenoxy) is 1. The molecule has 0 N–H and O–H groups in total. The van der Waals surface area contributed by atoms with E-state index in [2.05, 4.69) is 16.4 Å². The summed E-state index contributed by atoms with van der Waals surface area (Å²) < 4.78 is 33.6. The van der Waals surface area contributed by atoms with E-state index in [1.165, 1.54) is 6.42 Å². The molecule has 0 fully saturated rings. The van der Waals surface area contributed by atoms with Gasteiger partial charge < -0.3 is 4.74 Å². The smallest absolute Gasteiger partial charge is 0.328 e. The third-order valence-electron chi connectivity index (χ3n) is 3.78. The molecule has 0 unspecified atom stereocenters. The molecule has 0 amide bonds. The van der Waals surface area contributed by atoms with Gasteiger partial charge in [-0.2, -0.15) is 13.7 Å². The van der Waals surface area contributed by atoms with Crippen LogP contribution in [0.3, 0.4) is 0 Å². The van der Waals surface area contributed by atoms with Gasteiger partial charge in [0.05, 0.1) is 12.9 Å². The second-order valence-electron chi connectivity index (χ2n) is 5.84. The van der Waals surface area contributed by atoms with Crippen LogP contribution in [0.15, 0.2) is 23.4 Å². The fourth-order valence-electron chi connectivity index (χ4n) is 2.35. The first-order chi connectivity index (χ1) is 11.9. The van der Waals surface area contributed by atoms with Crippen molar-refractivity contribution in [3.63, 3.8) is 0 Å². The Kier molecular flexibility index (Phi) is 9.00. The van der Waals surface area contributed by atoms with Crippen LogP contribution in [0, 0.1) is 18.3 Å². The number of nitrogens with zero attached hydrogens (tertiary/aromatic N) is 2. The summed E-state index contributed by atoms with van der Waals surface area (Å²) >= 11 is 0. The Bertz CT molecular complexity index is 721. The molecule has 0 aliphatic heterocycles. The van der Waals surface area contributed by atoms with Crippen molar-refractivity contribution in [1.29, 1.82) is 5.26 Å². The van der Waals surface area contributed by atoms with Crippen molar-refractivity contribution in [3.05, 3.63) is 29.3 Å². The zero-order chi connectivity index (χ0) is 18.7. The summed E-state index contributed by atoms with van der Waals surface area (Å²) in [6.45, 7) is 3.92. The summed E-state index contributed by atoms with van der Waals surface area (Å²) in [5.74, 6) is 0.554. The van der Waals surface area contributed by atoms with Gasteiger partial charge in [-0.05, 0) is 37.1 Å². The van der Waals surface area contributed by atoms with Crippen molar-refractivity contribution < 1.29 is 17.4 Å². The Labute approximate surface area is 150 Å². The molecule has 7 heteroatoms. The van der Waals surface area contributed by atoms with E-state index in [0.29, 0.717) is 17.7 Å². The monoisotopic (exact) mass is 366 g/mol. The maximum absolute atomic E-state index is 11.9. The summed E-state index contributed by atoms with van der Waals surface area (Å²) in [5.41, 5.74) is 1.18. The molecule has 6 nitrogen and oxygen atoms in total. The van der Waals surface area contributed by atoms with E-state index in [9.17, 15) is 13.7 Å². The number of methoxy groups -OCH3 is 1. The van der Waals surface area contributed by atoms with Crippen LogP contribution in [-0.2, 0) is 14.4 Å². The van der Waals surface area contributed by atoms with Crippen LogP contribution in [0.25, 0.3) is 0 Å². The van der Waals surface area contributed by atoms with Gasteiger partial charge in [0, 0.05) is 5.56 Å². The Balaban J connectivity index is 2.66. The van der Waals surface area contributed by atoms with Crippen molar-refractivity contribution in [2.45, 2.75) is 52.4 Å². The molecular weight excluding hydrogens is 340 g/mol. The topological polar surface area (TPSA) is 88.8 Å². The maximum Gasteiger partial charge on any atom is 0.328 e. The predicted octanol–water partition coefficient (Wildman–Crippen LogP) is 3.94. The molecule has 0 aliphatic rings. The Hall–Kier alpha value is -2.07. The highest BCUT2D eigenvalue weighted by molar-refractivity contribution is 7.86. The average Bonchev–Trinajstić information content (AvgIpc) is 2.59. The molecule has 0 saturated heterocycles. The van der Waals surface area contributed by atoms with Gasteiger partial charge in [0.2, 0.25) is 0 Å². The van der Waals surface area contributed by atoms with Crippen molar-refractivity contribution in [2.24, 2.45) is 5.16 Å². The number of rotatable bonds is 11. The lowest BCUT2D eigenvalue weighted by Gasteiger charge is -2.06. The molecular formula is C18H26N2O4S. The van der Waals surface area contributed by atoms with Crippen LogP contribution >= 0.6 is 0 Å².